The van der Waals surface area contributed by atoms with Crippen molar-refractivity contribution in [3.8, 4) is 0 Å². The molecule has 0 bridgehead atoms. The highest BCUT2D eigenvalue weighted by Crippen LogP contribution is 2.16. The number of nitrogens with zero attached hydrogens (tertiary/aromatic N) is 2. The molecule has 2 aliphatic rings. The molecule has 166 valence electrons. The van der Waals surface area contributed by atoms with E-state index < -0.39 is 41.6 Å². The monoisotopic (exact) mass is 433 g/mol. The molecule has 0 saturated carbocycles. The first-order valence-electron chi connectivity index (χ1n) is 9.99. The predicted octanol–water partition coefficient (Wildman–Crippen LogP) is 0.808. The first-order chi connectivity index (χ1) is 14.9. The highest BCUT2D eigenvalue weighted by molar-refractivity contribution is 5.98. The molecule has 1 saturated heterocycles. The first kappa shape index (κ1) is 22.4. The highest BCUT2D eigenvalue weighted by atomic mass is 19.1. The second-order valence-electron chi connectivity index (χ2n) is 7.14. The number of hydrogen-bond acceptors (Lipinski definition) is 6. The van der Waals surface area contributed by atoms with Crippen LogP contribution in [0.5, 0.6) is 0 Å². The van der Waals surface area contributed by atoms with Crippen LogP contribution in [0.1, 0.15) is 30.1 Å². The van der Waals surface area contributed by atoms with Crippen molar-refractivity contribution >= 4 is 23.7 Å². The molecule has 0 radical (unpaired) electrons. The maximum Gasteiger partial charge on any atom is 0.308 e. The summed E-state index contributed by atoms with van der Waals surface area (Å²) >= 11 is 0. The summed E-state index contributed by atoms with van der Waals surface area (Å²) < 4.78 is 18.3. The molecule has 1 N–H and O–H groups in total. The lowest BCUT2D eigenvalue weighted by atomic mass is 10.1. The summed E-state index contributed by atoms with van der Waals surface area (Å²) in [4.78, 5) is 56.3. The maximum atomic E-state index is 13.4. The van der Waals surface area contributed by atoms with Crippen LogP contribution in [-0.2, 0) is 24.0 Å². The molecule has 1 aromatic rings. The van der Waals surface area contributed by atoms with Gasteiger partial charge in [0, 0.05) is 12.1 Å². The number of carbonyl (C=O) groups excluding carboxylic acids is 4. The molecule has 9 nitrogen and oxygen atoms in total. The van der Waals surface area contributed by atoms with Crippen molar-refractivity contribution in [2.24, 2.45) is 0 Å². The molecule has 0 spiro atoms. The van der Waals surface area contributed by atoms with Crippen LogP contribution in [0, 0.1) is 5.82 Å². The number of hydrogen-bond donors (Lipinski definition) is 1. The molecule has 3 amide bonds. The molecule has 31 heavy (non-hydrogen) atoms. The number of amides is 3. The van der Waals surface area contributed by atoms with Crippen molar-refractivity contribution in [1.82, 2.24) is 15.3 Å². The second-order valence-corrected chi connectivity index (χ2v) is 7.14. The number of halogens is 1. The summed E-state index contributed by atoms with van der Waals surface area (Å²) in [6.45, 7) is 1.83. The molecule has 2 atom stereocenters. The van der Waals surface area contributed by atoms with Gasteiger partial charge >= 0.3 is 5.97 Å². The summed E-state index contributed by atoms with van der Waals surface area (Å²) in [5.74, 6) is -2.51. The summed E-state index contributed by atoms with van der Waals surface area (Å²) in [5, 5.41) is 3.69. The molecular formula is C21H24FN3O6. The van der Waals surface area contributed by atoms with Crippen LogP contribution in [-0.4, -0.2) is 72.0 Å². The smallest absolute Gasteiger partial charge is 0.308 e. The fourth-order valence-electron chi connectivity index (χ4n) is 3.38. The van der Waals surface area contributed by atoms with Gasteiger partial charge in [-0.2, -0.15) is 0 Å². The van der Waals surface area contributed by atoms with E-state index in [4.69, 9.17) is 9.57 Å². The van der Waals surface area contributed by atoms with Crippen molar-refractivity contribution in [3.63, 3.8) is 0 Å². The second kappa shape index (κ2) is 10.2. The van der Waals surface area contributed by atoms with E-state index in [-0.39, 0.29) is 44.7 Å². The third kappa shape index (κ3) is 5.66. The lowest BCUT2D eigenvalue weighted by Gasteiger charge is -2.29. The van der Waals surface area contributed by atoms with E-state index in [1.807, 2.05) is 0 Å². The Bertz CT molecular complexity index is 890. The van der Waals surface area contributed by atoms with E-state index in [0.717, 1.165) is 11.1 Å². The number of ether oxygens (including phenoxy) is 1. The fourth-order valence-corrected chi connectivity index (χ4v) is 3.38. The Balaban J connectivity index is 1.67. The van der Waals surface area contributed by atoms with E-state index in [1.165, 1.54) is 23.1 Å². The zero-order valence-corrected chi connectivity index (χ0v) is 17.1. The third-order valence-corrected chi connectivity index (χ3v) is 4.88. The van der Waals surface area contributed by atoms with Gasteiger partial charge in [0.05, 0.1) is 13.0 Å². The minimum absolute atomic E-state index is 0.0197. The number of carbonyl (C=O) groups is 4. The van der Waals surface area contributed by atoms with Crippen LogP contribution in [0.25, 0.3) is 0 Å². The van der Waals surface area contributed by atoms with E-state index in [9.17, 15) is 23.6 Å². The zero-order valence-electron chi connectivity index (χ0n) is 17.1. The molecule has 1 fully saturated rings. The van der Waals surface area contributed by atoms with Crippen molar-refractivity contribution in [2.45, 2.75) is 31.8 Å². The van der Waals surface area contributed by atoms with Crippen molar-refractivity contribution in [3.05, 3.63) is 47.8 Å². The minimum Gasteiger partial charge on any atom is -0.463 e. The van der Waals surface area contributed by atoms with Crippen LogP contribution in [0.3, 0.4) is 0 Å². The van der Waals surface area contributed by atoms with Gasteiger partial charge in [-0.15, -0.1) is 0 Å². The maximum absolute atomic E-state index is 13.4. The third-order valence-electron chi connectivity index (χ3n) is 4.88. The lowest BCUT2D eigenvalue weighted by molar-refractivity contribution is -0.199. The summed E-state index contributed by atoms with van der Waals surface area (Å²) in [6, 6.07) is 3.70. The molecule has 2 aliphatic heterocycles. The van der Waals surface area contributed by atoms with Crippen LogP contribution in [0.4, 0.5) is 4.39 Å². The Morgan fingerprint density at radius 3 is 2.81 bits per heavy atom. The Morgan fingerprint density at radius 1 is 1.32 bits per heavy atom. The average Bonchev–Trinajstić information content (AvgIpc) is 3.10. The van der Waals surface area contributed by atoms with Gasteiger partial charge in [0.2, 0.25) is 5.91 Å². The van der Waals surface area contributed by atoms with Crippen molar-refractivity contribution in [1.29, 1.82) is 0 Å². The van der Waals surface area contributed by atoms with Crippen molar-refractivity contribution in [2.75, 3.05) is 26.3 Å². The van der Waals surface area contributed by atoms with Gasteiger partial charge in [-0.25, -0.2) is 9.45 Å². The molecule has 0 aromatic heterocycles. The number of esters is 1. The molecular weight excluding hydrogens is 409 g/mol. The molecule has 1 aromatic carbocycles. The Morgan fingerprint density at radius 2 is 2.13 bits per heavy atom. The number of hydroxylamine groups is 2. The SMILES string of the molecule is CCON(C(=O)CN1CC=CCC(NC(=O)c2cccc(F)c2)C1=O)C1COC(=O)C1. The summed E-state index contributed by atoms with van der Waals surface area (Å²) in [6.07, 6.45) is 3.73. The number of nitrogens with one attached hydrogen (secondary N) is 1. The van der Waals surface area contributed by atoms with Gasteiger partial charge in [0.25, 0.3) is 11.8 Å². The topological polar surface area (TPSA) is 105 Å². The first-order valence-corrected chi connectivity index (χ1v) is 9.99. The van der Waals surface area contributed by atoms with E-state index in [2.05, 4.69) is 5.32 Å². The Hall–Kier alpha value is -3.27. The minimum atomic E-state index is -0.903. The fraction of sp³-hybridized carbons (Fsp3) is 0.429. The predicted molar refractivity (Wildman–Crippen MR) is 106 cm³/mol. The quantitative estimate of drug-likeness (QED) is 0.388. The Labute approximate surface area is 178 Å². The van der Waals surface area contributed by atoms with Gasteiger partial charge in [-0.1, -0.05) is 18.2 Å². The van der Waals surface area contributed by atoms with Crippen LogP contribution < -0.4 is 5.32 Å². The lowest BCUT2D eigenvalue weighted by Crippen LogP contribution is -2.52. The van der Waals surface area contributed by atoms with Crippen LogP contribution >= 0.6 is 0 Å². The van der Waals surface area contributed by atoms with E-state index in [0.29, 0.717) is 0 Å². The normalized spacial score (nSPS) is 20.9. The standard InChI is InChI=1S/C21H24FN3O6/c1-2-31-25(16-11-19(27)30-13-16)18(26)12-24-9-4-3-8-17(21(24)29)23-20(28)14-6-5-7-15(22)10-14/h3-7,10,16-17H,2,8-9,11-13H2,1H3,(H,23,28). The van der Waals surface area contributed by atoms with Gasteiger partial charge in [0.15, 0.2) is 0 Å². The number of rotatable bonds is 7. The number of benzene rings is 1. The summed E-state index contributed by atoms with van der Waals surface area (Å²) in [5.41, 5.74) is 0.0945. The molecule has 0 aliphatic carbocycles. The molecule has 2 unspecified atom stereocenters. The van der Waals surface area contributed by atoms with E-state index >= 15 is 0 Å². The average molecular weight is 433 g/mol. The molecule has 2 heterocycles. The van der Waals surface area contributed by atoms with Gasteiger partial charge in [-0.05, 0) is 31.5 Å². The molecule has 10 heteroatoms. The Kier molecular flexibility index (Phi) is 7.35. The summed E-state index contributed by atoms with van der Waals surface area (Å²) in [7, 11) is 0. The largest absolute Gasteiger partial charge is 0.463 e. The van der Waals surface area contributed by atoms with Gasteiger partial charge in [-0.3, -0.25) is 24.0 Å². The van der Waals surface area contributed by atoms with Crippen LogP contribution in [0.2, 0.25) is 0 Å². The van der Waals surface area contributed by atoms with Crippen LogP contribution in [0.15, 0.2) is 36.4 Å². The van der Waals surface area contributed by atoms with E-state index in [1.54, 1.807) is 19.1 Å². The number of cyclic esters (lactones) is 1. The van der Waals surface area contributed by atoms with Gasteiger partial charge in [0.1, 0.15) is 31.1 Å². The zero-order chi connectivity index (χ0) is 22.4. The van der Waals surface area contributed by atoms with Gasteiger partial charge < -0.3 is 15.0 Å². The molecule has 3 rings (SSSR count). The van der Waals surface area contributed by atoms with Crippen molar-refractivity contribution < 1.29 is 33.1 Å². The highest BCUT2D eigenvalue weighted by Gasteiger charge is 2.35.